The first-order valence-corrected chi connectivity index (χ1v) is 8.92. The lowest BCUT2D eigenvalue weighted by atomic mass is 10.1. The molecule has 1 heterocycles. The summed E-state index contributed by atoms with van der Waals surface area (Å²) in [6.07, 6.45) is -4.08. The third-order valence-corrected chi connectivity index (χ3v) is 4.26. The van der Waals surface area contributed by atoms with Gasteiger partial charge >= 0.3 is 6.18 Å². The molecule has 1 aromatic heterocycles. The van der Waals surface area contributed by atoms with Gasteiger partial charge < -0.3 is 5.32 Å². The molecule has 3 rings (SSSR count). The van der Waals surface area contributed by atoms with Crippen LogP contribution in [0.1, 0.15) is 18.2 Å². The fourth-order valence-corrected chi connectivity index (χ4v) is 2.87. The number of benzene rings is 2. The van der Waals surface area contributed by atoms with Gasteiger partial charge in [0.15, 0.2) is 0 Å². The summed E-state index contributed by atoms with van der Waals surface area (Å²) in [5.74, 6) is -0.471. The molecule has 150 valence electrons. The number of carbonyl (C=O) groups is 1. The molecular weight excluding hydrogens is 383 g/mol. The summed E-state index contributed by atoms with van der Waals surface area (Å²) >= 11 is 0. The van der Waals surface area contributed by atoms with Gasteiger partial charge in [0, 0.05) is 17.3 Å². The fourth-order valence-electron chi connectivity index (χ4n) is 2.87. The lowest BCUT2D eigenvalue weighted by Crippen LogP contribution is -2.30. The van der Waals surface area contributed by atoms with E-state index in [9.17, 15) is 22.8 Å². The molecule has 0 fully saturated rings. The van der Waals surface area contributed by atoms with Crippen molar-refractivity contribution < 1.29 is 18.0 Å². The molecule has 5 nitrogen and oxygen atoms in total. The Balaban J connectivity index is 1.95. The van der Waals surface area contributed by atoms with E-state index in [2.05, 4.69) is 10.3 Å². The molecular formula is C21H18F3N3O2. The van der Waals surface area contributed by atoms with Crippen LogP contribution in [0.25, 0.3) is 11.4 Å². The summed E-state index contributed by atoms with van der Waals surface area (Å²) in [5, 5.41) is 2.25. The zero-order valence-electron chi connectivity index (χ0n) is 15.5. The van der Waals surface area contributed by atoms with E-state index in [0.29, 0.717) is 17.7 Å². The van der Waals surface area contributed by atoms with Gasteiger partial charge in [-0.25, -0.2) is 4.98 Å². The molecule has 29 heavy (non-hydrogen) atoms. The largest absolute Gasteiger partial charge is 0.418 e. The van der Waals surface area contributed by atoms with E-state index < -0.39 is 29.8 Å². The highest BCUT2D eigenvalue weighted by molar-refractivity contribution is 5.91. The smallest absolute Gasteiger partial charge is 0.324 e. The van der Waals surface area contributed by atoms with Gasteiger partial charge in [-0.1, -0.05) is 49.4 Å². The molecule has 0 saturated heterocycles. The molecule has 2 aromatic carbocycles. The number of amides is 1. The van der Waals surface area contributed by atoms with Gasteiger partial charge in [-0.05, 0) is 18.6 Å². The maximum absolute atomic E-state index is 13.1. The summed E-state index contributed by atoms with van der Waals surface area (Å²) in [6.45, 7) is 1.38. The van der Waals surface area contributed by atoms with Gasteiger partial charge in [-0.2, -0.15) is 13.2 Å². The minimum absolute atomic E-state index is 0.286. The van der Waals surface area contributed by atoms with Crippen molar-refractivity contribution in [3.05, 3.63) is 82.3 Å². The summed E-state index contributed by atoms with van der Waals surface area (Å²) in [4.78, 5) is 29.5. The molecule has 0 bridgehead atoms. The average Bonchev–Trinajstić information content (AvgIpc) is 2.69. The van der Waals surface area contributed by atoms with Gasteiger partial charge in [0.1, 0.15) is 12.4 Å². The van der Waals surface area contributed by atoms with Crippen molar-refractivity contribution in [3.63, 3.8) is 0 Å². The molecule has 0 unspecified atom stereocenters. The van der Waals surface area contributed by atoms with Gasteiger partial charge in [-0.15, -0.1) is 0 Å². The Morgan fingerprint density at radius 1 is 1.07 bits per heavy atom. The molecule has 0 aliphatic heterocycles. The van der Waals surface area contributed by atoms with Crippen LogP contribution in [0.4, 0.5) is 18.9 Å². The van der Waals surface area contributed by atoms with Crippen LogP contribution in [0.15, 0.2) is 65.5 Å². The summed E-state index contributed by atoms with van der Waals surface area (Å²) in [6, 6.07) is 14.8. The molecule has 3 aromatic rings. The van der Waals surface area contributed by atoms with Crippen LogP contribution in [0.2, 0.25) is 0 Å². The average molecular weight is 401 g/mol. The summed E-state index contributed by atoms with van der Waals surface area (Å²) in [7, 11) is 0. The van der Waals surface area contributed by atoms with Crippen LogP contribution in [0.5, 0.6) is 0 Å². The van der Waals surface area contributed by atoms with Crippen LogP contribution in [0, 0.1) is 0 Å². The number of aryl methyl sites for hydroxylation is 1. The van der Waals surface area contributed by atoms with Crippen molar-refractivity contribution in [2.75, 3.05) is 5.32 Å². The standard InChI is InChI=1S/C21H18F3N3O2/c1-2-15-12-19(29)27(20(25-15)14-8-4-3-5-9-14)13-18(28)26-17-11-7-6-10-16(17)21(22,23)24/h3-12H,2,13H2,1H3,(H,26,28). The lowest BCUT2D eigenvalue weighted by molar-refractivity contribution is -0.137. The monoisotopic (exact) mass is 401 g/mol. The van der Waals surface area contributed by atoms with Crippen molar-refractivity contribution in [2.45, 2.75) is 26.1 Å². The molecule has 1 N–H and O–H groups in total. The van der Waals surface area contributed by atoms with Crippen molar-refractivity contribution >= 4 is 11.6 Å². The number of halogens is 3. The SMILES string of the molecule is CCc1cc(=O)n(CC(=O)Nc2ccccc2C(F)(F)F)c(-c2ccccc2)n1. The second kappa shape index (κ2) is 8.30. The number of anilines is 1. The van der Waals surface area contributed by atoms with E-state index in [4.69, 9.17) is 0 Å². The molecule has 8 heteroatoms. The second-order valence-corrected chi connectivity index (χ2v) is 6.31. The molecule has 0 atom stereocenters. The Labute approximate surface area is 164 Å². The highest BCUT2D eigenvalue weighted by atomic mass is 19.4. The topological polar surface area (TPSA) is 64.0 Å². The predicted octanol–water partition coefficient (Wildman–Crippen LogP) is 4.13. The zero-order chi connectivity index (χ0) is 21.0. The Hall–Kier alpha value is -3.42. The minimum atomic E-state index is -4.61. The Morgan fingerprint density at radius 2 is 1.72 bits per heavy atom. The molecule has 0 aliphatic rings. The van der Waals surface area contributed by atoms with Gasteiger partial charge in [0.05, 0.1) is 11.3 Å². The third kappa shape index (κ3) is 4.71. The first-order chi connectivity index (χ1) is 13.8. The van der Waals surface area contributed by atoms with Gasteiger partial charge in [-0.3, -0.25) is 14.2 Å². The van der Waals surface area contributed by atoms with Crippen LogP contribution in [-0.2, 0) is 23.9 Å². The quantitative estimate of drug-likeness (QED) is 0.699. The summed E-state index contributed by atoms with van der Waals surface area (Å²) in [5.41, 5.74) is -0.577. The first-order valence-electron chi connectivity index (χ1n) is 8.92. The number of carbonyl (C=O) groups excluding carboxylic acids is 1. The number of nitrogens with zero attached hydrogens (tertiary/aromatic N) is 2. The number of para-hydroxylation sites is 1. The Bertz CT molecular complexity index is 1080. The maximum Gasteiger partial charge on any atom is 0.418 e. The van der Waals surface area contributed by atoms with Gasteiger partial charge in [0.2, 0.25) is 5.91 Å². The van der Waals surface area contributed by atoms with Crippen molar-refractivity contribution in [1.82, 2.24) is 9.55 Å². The molecule has 0 saturated carbocycles. The van der Waals surface area contributed by atoms with E-state index in [1.807, 2.05) is 6.92 Å². The molecule has 0 radical (unpaired) electrons. The highest BCUT2D eigenvalue weighted by Gasteiger charge is 2.33. The lowest BCUT2D eigenvalue weighted by Gasteiger charge is -2.16. The van der Waals surface area contributed by atoms with Crippen LogP contribution < -0.4 is 10.9 Å². The molecule has 1 amide bonds. The molecule has 0 spiro atoms. The second-order valence-electron chi connectivity index (χ2n) is 6.31. The maximum atomic E-state index is 13.1. The van der Waals surface area contributed by atoms with Crippen molar-refractivity contribution in [3.8, 4) is 11.4 Å². The number of aromatic nitrogens is 2. The number of hydrogen-bond acceptors (Lipinski definition) is 3. The van der Waals surface area contributed by atoms with E-state index >= 15 is 0 Å². The first kappa shape index (κ1) is 20.3. The normalized spacial score (nSPS) is 11.3. The number of nitrogens with one attached hydrogen (secondary N) is 1. The van der Waals surface area contributed by atoms with Crippen molar-refractivity contribution in [1.29, 1.82) is 0 Å². The van der Waals surface area contributed by atoms with Gasteiger partial charge in [0.25, 0.3) is 5.56 Å². The fraction of sp³-hybridized carbons (Fsp3) is 0.190. The number of rotatable bonds is 5. The van der Waals surface area contributed by atoms with Crippen LogP contribution in [0.3, 0.4) is 0 Å². The minimum Gasteiger partial charge on any atom is -0.324 e. The predicted molar refractivity (Wildman–Crippen MR) is 103 cm³/mol. The van der Waals surface area contributed by atoms with E-state index in [1.165, 1.54) is 24.3 Å². The Morgan fingerprint density at radius 3 is 2.38 bits per heavy atom. The summed E-state index contributed by atoms with van der Waals surface area (Å²) < 4.78 is 40.6. The Kier molecular flexibility index (Phi) is 5.81. The number of alkyl halides is 3. The van der Waals surface area contributed by atoms with E-state index in [-0.39, 0.29) is 11.5 Å². The van der Waals surface area contributed by atoms with E-state index in [1.54, 1.807) is 30.3 Å². The van der Waals surface area contributed by atoms with Crippen molar-refractivity contribution in [2.24, 2.45) is 0 Å². The third-order valence-electron chi connectivity index (χ3n) is 4.26. The number of hydrogen-bond donors (Lipinski definition) is 1. The van der Waals surface area contributed by atoms with E-state index in [0.717, 1.165) is 10.6 Å². The highest BCUT2D eigenvalue weighted by Crippen LogP contribution is 2.34. The molecule has 0 aliphatic carbocycles. The zero-order valence-corrected chi connectivity index (χ0v) is 15.5. The van der Waals surface area contributed by atoms with Crippen LogP contribution in [-0.4, -0.2) is 15.5 Å². The van der Waals surface area contributed by atoms with Crippen LogP contribution >= 0.6 is 0 Å².